The summed E-state index contributed by atoms with van der Waals surface area (Å²) in [5, 5.41) is 3.92. The molecule has 17 heavy (non-hydrogen) atoms. The predicted molar refractivity (Wildman–Crippen MR) is 71.4 cm³/mol. The highest BCUT2D eigenvalue weighted by molar-refractivity contribution is 6.29. The molecule has 2 rings (SSSR count). The van der Waals surface area contributed by atoms with Gasteiger partial charge in [0.15, 0.2) is 0 Å². The van der Waals surface area contributed by atoms with Gasteiger partial charge < -0.3 is 5.32 Å². The number of anilines is 1. The third-order valence-electron chi connectivity index (χ3n) is 3.64. The molecule has 1 heterocycles. The van der Waals surface area contributed by atoms with Crippen molar-refractivity contribution >= 4 is 17.4 Å². The summed E-state index contributed by atoms with van der Waals surface area (Å²) in [6, 6.07) is 1.81. The standard InChI is InChI=1S/C13H20ClN3/c1-3-12-16-11(14)7-13(17-12)15-8-10-6-4-5-9(10)2/h7,9-10H,3-6,8H2,1-2H3,(H,15,16,17). The average Bonchev–Trinajstić information content (AvgIpc) is 2.71. The molecule has 2 atom stereocenters. The quantitative estimate of drug-likeness (QED) is 0.834. The zero-order valence-corrected chi connectivity index (χ0v) is 11.3. The number of nitrogens with one attached hydrogen (secondary N) is 1. The molecule has 0 radical (unpaired) electrons. The molecule has 0 aromatic carbocycles. The van der Waals surface area contributed by atoms with Crippen LogP contribution in [0.4, 0.5) is 5.82 Å². The second-order valence-corrected chi connectivity index (χ2v) is 5.28. The van der Waals surface area contributed by atoms with E-state index in [1.54, 1.807) is 6.07 Å². The van der Waals surface area contributed by atoms with Gasteiger partial charge in [0.25, 0.3) is 0 Å². The van der Waals surface area contributed by atoms with Gasteiger partial charge in [-0.1, -0.05) is 38.3 Å². The fraction of sp³-hybridized carbons (Fsp3) is 0.692. The first-order valence-corrected chi connectivity index (χ1v) is 6.84. The Labute approximate surface area is 108 Å². The third-order valence-corrected chi connectivity index (χ3v) is 3.84. The maximum atomic E-state index is 5.96. The van der Waals surface area contributed by atoms with Crippen molar-refractivity contribution in [1.82, 2.24) is 9.97 Å². The van der Waals surface area contributed by atoms with Gasteiger partial charge in [-0.2, -0.15) is 0 Å². The lowest BCUT2D eigenvalue weighted by atomic mass is 9.98. The zero-order valence-electron chi connectivity index (χ0n) is 10.5. The molecule has 0 spiro atoms. The molecule has 1 aliphatic carbocycles. The molecule has 1 aromatic heterocycles. The van der Waals surface area contributed by atoms with E-state index in [-0.39, 0.29) is 0 Å². The van der Waals surface area contributed by atoms with Crippen molar-refractivity contribution in [2.45, 2.75) is 39.5 Å². The smallest absolute Gasteiger partial charge is 0.134 e. The molecule has 0 bridgehead atoms. The molecule has 3 nitrogen and oxygen atoms in total. The molecular weight excluding hydrogens is 234 g/mol. The van der Waals surface area contributed by atoms with Crippen LogP contribution in [0.3, 0.4) is 0 Å². The second kappa shape index (κ2) is 5.67. The Balaban J connectivity index is 1.96. The minimum atomic E-state index is 0.527. The number of aromatic nitrogens is 2. The molecule has 1 aliphatic rings. The summed E-state index contributed by atoms with van der Waals surface area (Å²) in [6.45, 7) is 5.37. The highest BCUT2D eigenvalue weighted by atomic mass is 35.5. The minimum Gasteiger partial charge on any atom is -0.370 e. The second-order valence-electron chi connectivity index (χ2n) is 4.89. The maximum absolute atomic E-state index is 5.96. The van der Waals surface area contributed by atoms with Crippen LogP contribution in [-0.4, -0.2) is 16.5 Å². The molecule has 0 amide bonds. The Morgan fingerprint density at radius 2 is 2.24 bits per heavy atom. The monoisotopic (exact) mass is 253 g/mol. The highest BCUT2D eigenvalue weighted by Crippen LogP contribution is 2.31. The fourth-order valence-electron chi connectivity index (χ4n) is 2.47. The summed E-state index contributed by atoms with van der Waals surface area (Å²) >= 11 is 5.96. The molecular formula is C13H20ClN3. The molecule has 4 heteroatoms. The van der Waals surface area contributed by atoms with Crippen LogP contribution in [0, 0.1) is 11.8 Å². The minimum absolute atomic E-state index is 0.527. The van der Waals surface area contributed by atoms with Crippen LogP contribution in [0.15, 0.2) is 6.07 Å². The van der Waals surface area contributed by atoms with Crippen LogP contribution < -0.4 is 5.32 Å². The van der Waals surface area contributed by atoms with Crippen LogP contribution in [0.2, 0.25) is 5.15 Å². The molecule has 1 fully saturated rings. The molecule has 1 aromatic rings. The van der Waals surface area contributed by atoms with Crippen molar-refractivity contribution in [1.29, 1.82) is 0 Å². The summed E-state index contributed by atoms with van der Waals surface area (Å²) in [5.41, 5.74) is 0. The van der Waals surface area contributed by atoms with E-state index >= 15 is 0 Å². The van der Waals surface area contributed by atoms with Gasteiger partial charge in [0, 0.05) is 19.0 Å². The van der Waals surface area contributed by atoms with Crippen molar-refractivity contribution in [3.05, 3.63) is 17.0 Å². The van der Waals surface area contributed by atoms with Crippen LogP contribution in [0.1, 0.15) is 38.9 Å². The van der Waals surface area contributed by atoms with Gasteiger partial charge in [-0.3, -0.25) is 0 Å². The Hall–Kier alpha value is -0.830. The lowest BCUT2D eigenvalue weighted by Gasteiger charge is -2.16. The van der Waals surface area contributed by atoms with Crippen molar-refractivity contribution in [2.24, 2.45) is 11.8 Å². The van der Waals surface area contributed by atoms with Crippen LogP contribution in [-0.2, 0) is 6.42 Å². The van der Waals surface area contributed by atoms with Gasteiger partial charge in [0.2, 0.25) is 0 Å². The van der Waals surface area contributed by atoms with Crippen molar-refractivity contribution in [2.75, 3.05) is 11.9 Å². The number of halogens is 1. The van der Waals surface area contributed by atoms with Crippen molar-refractivity contribution in [3.8, 4) is 0 Å². The summed E-state index contributed by atoms with van der Waals surface area (Å²) in [4.78, 5) is 8.59. The number of hydrogen-bond donors (Lipinski definition) is 1. The van der Waals surface area contributed by atoms with Gasteiger partial charge >= 0.3 is 0 Å². The molecule has 1 saturated carbocycles. The Kier molecular flexibility index (Phi) is 4.21. The normalized spacial score (nSPS) is 23.9. The van der Waals surface area contributed by atoms with E-state index in [9.17, 15) is 0 Å². The van der Waals surface area contributed by atoms with E-state index < -0.39 is 0 Å². The van der Waals surface area contributed by atoms with E-state index in [0.29, 0.717) is 5.15 Å². The Bertz CT molecular complexity index is 381. The van der Waals surface area contributed by atoms with Crippen LogP contribution in [0.5, 0.6) is 0 Å². The number of hydrogen-bond acceptors (Lipinski definition) is 3. The molecule has 0 saturated heterocycles. The predicted octanol–water partition coefficient (Wildman–Crippen LogP) is 3.54. The fourth-order valence-corrected chi connectivity index (χ4v) is 2.68. The van der Waals surface area contributed by atoms with Gasteiger partial charge in [-0.05, 0) is 18.3 Å². The van der Waals surface area contributed by atoms with E-state index in [1.807, 2.05) is 6.92 Å². The first-order chi connectivity index (χ1) is 8.19. The highest BCUT2D eigenvalue weighted by Gasteiger charge is 2.22. The molecule has 2 unspecified atom stereocenters. The van der Waals surface area contributed by atoms with Gasteiger partial charge in [-0.25, -0.2) is 9.97 Å². The van der Waals surface area contributed by atoms with Gasteiger partial charge in [0.05, 0.1) is 0 Å². The van der Waals surface area contributed by atoms with E-state index in [1.165, 1.54) is 19.3 Å². The number of aryl methyl sites for hydroxylation is 1. The largest absolute Gasteiger partial charge is 0.370 e. The third kappa shape index (κ3) is 3.32. The molecule has 1 N–H and O–H groups in total. The van der Waals surface area contributed by atoms with Crippen LogP contribution in [0.25, 0.3) is 0 Å². The number of rotatable bonds is 4. The molecule has 0 aliphatic heterocycles. The molecule has 94 valence electrons. The zero-order chi connectivity index (χ0) is 12.3. The summed E-state index contributed by atoms with van der Waals surface area (Å²) in [6.07, 6.45) is 4.86. The lowest BCUT2D eigenvalue weighted by Crippen LogP contribution is -2.17. The van der Waals surface area contributed by atoms with E-state index in [4.69, 9.17) is 11.6 Å². The van der Waals surface area contributed by atoms with Gasteiger partial charge in [-0.15, -0.1) is 0 Å². The maximum Gasteiger partial charge on any atom is 0.134 e. The summed E-state index contributed by atoms with van der Waals surface area (Å²) in [5.74, 6) is 3.26. The first kappa shape index (κ1) is 12.6. The summed E-state index contributed by atoms with van der Waals surface area (Å²) in [7, 11) is 0. The van der Waals surface area contributed by atoms with Gasteiger partial charge in [0.1, 0.15) is 16.8 Å². The average molecular weight is 254 g/mol. The first-order valence-electron chi connectivity index (χ1n) is 6.46. The summed E-state index contributed by atoms with van der Waals surface area (Å²) < 4.78 is 0. The Morgan fingerprint density at radius 3 is 2.88 bits per heavy atom. The SMILES string of the molecule is CCc1nc(Cl)cc(NCC2CCCC2C)n1. The van der Waals surface area contributed by atoms with Crippen molar-refractivity contribution in [3.63, 3.8) is 0 Å². The lowest BCUT2D eigenvalue weighted by molar-refractivity contribution is 0.439. The van der Waals surface area contributed by atoms with Crippen molar-refractivity contribution < 1.29 is 0 Å². The van der Waals surface area contributed by atoms with E-state index in [0.717, 1.165) is 36.4 Å². The topological polar surface area (TPSA) is 37.8 Å². The van der Waals surface area contributed by atoms with E-state index in [2.05, 4.69) is 22.2 Å². The Morgan fingerprint density at radius 1 is 1.41 bits per heavy atom. The number of nitrogens with zero attached hydrogens (tertiary/aromatic N) is 2. The van der Waals surface area contributed by atoms with Crippen LogP contribution >= 0.6 is 11.6 Å².